The van der Waals surface area contributed by atoms with Crippen molar-refractivity contribution in [3.8, 4) is 22.6 Å². The third kappa shape index (κ3) is 16.7. The maximum atomic E-state index is 12.6. The molecule has 14 nitrogen and oxygen atoms in total. The minimum absolute atomic E-state index is 0.0233. The number of hydrogen-bond acceptors (Lipinski definition) is 12. The summed E-state index contributed by atoms with van der Waals surface area (Å²) >= 11 is 3.56. The lowest BCUT2D eigenvalue weighted by molar-refractivity contribution is -0.385. The second-order valence-corrected chi connectivity index (χ2v) is 17.7. The number of ether oxygens (including phenoxy) is 4. The van der Waals surface area contributed by atoms with Gasteiger partial charge in [-0.25, -0.2) is 0 Å². The molecule has 2 saturated carbocycles. The van der Waals surface area contributed by atoms with Gasteiger partial charge in [0.25, 0.3) is 11.4 Å². The number of benzene rings is 4. The van der Waals surface area contributed by atoms with Crippen molar-refractivity contribution < 1.29 is 48.4 Å². The van der Waals surface area contributed by atoms with Gasteiger partial charge in [0.05, 0.1) is 52.6 Å². The predicted molar refractivity (Wildman–Crippen MR) is 250 cm³/mol. The van der Waals surface area contributed by atoms with Crippen LogP contribution in [-0.2, 0) is 19.1 Å². The molecule has 2 N–H and O–H groups in total. The third-order valence-electron chi connectivity index (χ3n) is 10.4. The molecule has 0 radical (unpaired) electrons. The largest absolute Gasteiger partial charge is 0.493 e. The zero-order chi connectivity index (χ0) is 46.9. The summed E-state index contributed by atoms with van der Waals surface area (Å²) in [6.45, 7) is 14.2. The highest BCUT2D eigenvalue weighted by molar-refractivity contribution is 9.10. The Morgan fingerprint density at radius 3 is 1.61 bits per heavy atom. The third-order valence-corrected chi connectivity index (χ3v) is 11.0. The van der Waals surface area contributed by atoms with Crippen molar-refractivity contribution in [1.82, 2.24) is 0 Å². The van der Waals surface area contributed by atoms with Crippen molar-refractivity contribution in [2.45, 2.75) is 91.9 Å². The summed E-state index contributed by atoms with van der Waals surface area (Å²) in [7, 11) is -1.66. The van der Waals surface area contributed by atoms with E-state index in [0.29, 0.717) is 55.3 Å². The second-order valence-electron chi connectivity index (χ2n) is 16.9. The highest BCUT2D eigenvalue weighted by Gasteiger charge is 2.28. The van der Waals surface area contributed by atoms with Crippen molar-refractivity contribution in [2.75, 3.05) is 26.4 Å². The molecule has 0 aliphatic heterocycles. The lowest BCUT2D eigenvalue weighted by Crippen LogP contribution is -2.29. The normalized spacial score (nSPS) is 13.9. The first-order valence-corrected chi connectivity index (χ1v) is 22.7. The maximum Gasteiger partial charge on any atom is 0.488 e. The van der Waals surface area contributed by atoms with Crippen LogP contribution in [0.1, 0.15) is 103 Å². The van der Waals surface area contributed by atoms with Gasteiger partial charge in [-0.1, -0.05) is 64.1 Å². The van der Waals surface area contributed by atoms with Crippen LogP contribution in [0.5, 0.6) is 11.5 Å². The molecule has 64 heavy (non-hydrogen) atoms. The number of nitro groups is 2. The van der Waals surface area contributed by atoms with E-state index in [4.69, 9.17) is 29.0 Å². The number of carbonyl (C=O) groups excluding carboxylic acids is 2. The van der Waals surface area contributed by atoms with E-state index in [0.717, 1.165) is 51.9 Å². The molecule has 6 rings (SSSR count). The number of esters is 2. The Morgan fingerprint density at radius 2 is 1.16 bits per heavy atom. The van der Waals surface area contributed by atoms with Gasteiger partial charge in [-0.2, -0.15) is 0 Å². The van der Waals surface area contributed by atoms with Gasteiger partial charge in [0.2, 0.25) is 0 Å². The Balaban J connectivity index is 0.000000230. The fourth-order valence-electron chi connectivity index (χ4n) is 6.70. The van der Waals surface area contributed by atoms with Crippen LogP contribution in [-0.4, -0.2) is 65.4 Å². The van der Waals surface area contributed by atoms with Crippen LogP contribution >= 0.6 is 15.9 Å². The molecule has 16 heteroatoms. The first kappa shape index (κ1) is 51.3. The Hall–Kier alpha value is -5.32. The summed E-state index contributed by atoms with van der Waals surface area (Å²) in [6, 6.07) is 23.3. The molecule has 4 aromatic rings. The molecular weight excluding hydrogens is 887 g/mol. The van der Waals surface area contributed by atoms with Crippen molar-refractivity contribution in [1.29, 1.82) is 0 Å². The maximum absolute atomic E-state index is 12.6. The van der Waals surface area contributed by atoms with Crippen molar-refractivity contribution in [3.05, 3.63) is 121 Å². The van der Waals surface area contributed by atoms with Crippen LogP contribution in [0.15, 0.2) is 89.4 Å². The second kappa shape index (κ2) is 25.2. The number of carbonyl (C=O) groups is 2. The van der Waals surface area contributed by atoms with Gasteiger partial charge >= 0.3 is 19.1 Å². The number of nitro benzene ring substituents is 2. The summed E-state index contributed by atoms with van der Waals surface area (Å²) in [5.41, 5.74) is 3.26. The first-order chi connectivity index (χ1) is 30.5. The minimum atomic E-state index is -1.66. The first-order valence-electron chi connectivity index (χ1n) is 21.9. The summed E-state index contributed by atoms with van der Waals surface area (Å²) < 4.78 is 23.3. The topological polar surface area (TPSA) is 198 Å². The van der Waals surface area contributed by atoms with Gasteiger partial charge in [-0.3, -0.25) is 29.8 Å². The standard InChI is InChI=1S/C24H29NO5.C18H25BrO3.C6H6BNO4/c1-4-29-24(26)22(12-16(2)3)19-10-11-23(30-15-17-8-9-17)21(14-19)18-6-5-7-20(13-18)25(27)28;1-4-21-18(20)15(9-12(2)3)14-7-8-17(16(19)10-14)22-11-13-5-6-13;9-7(10)5-2-1-3-6(4-5)8(11)12/h5-7,10-11,13-14,16-17,22H,4,8-9,12,15H2,1-3H3;7-8,10,12-13,15H,4-6,9,11H2,1-3H3;1-4,9-10H. The molecule has 0 saturated heterocycles. The summed E-state index contributed by atoms with van der Waals surface area (Å²) in [4.78, 5) is 45.4. The van der Waals surface area contributed by atoms with Gasteiger partial charge in [-0.15, -0.1) is 0 Å². The zero-order valence-corrected chi connectivity index (χ0v) is 39.0. The Kier molecular flexibility index (Phi) is 20.2. The molecule has 2 aliphatic rings. The fourth-order valence-corrected chi connectivity index (χ4v) is 7.21. The van der Waals surface area contributed by atoms with Crippen molar-refractivity contribution >= 4 is 51.8 Å². The zero-order valence-electron chi connectivity index (χ0n) is 37.4. The van der Waals surface area contributed by atoms with Crippen LogP contribution in [0.25, 0.3) is 11.1 Å². The van der Waals surface area contributed by atoms with Crippen LogP contribution in [0.2, 0.25) is 0 Å². The Labute approximate surface area is 384 Å². The van der Waals surface area contributed by atoms with E-state index >= 15 is 0 Å². The molecule has 2 unspecified atom stereocenters. The van der Waals surface area contributed by atoms with Gasteiger partial charge in [0, 0.05) is 29.8 Å². The van der Waals surface area contributed by atoms with Crippen LogP contribution in [0.4, 0.5) is 11.4 Å². The number of hydrogen-bond donors (Lipinski definition) is 2. The monoisotopic (exact) mass is 946 g/mol. The fraction of sp³-hybridized carbons (Fsp3) is 0.458. The molecule has 0 bridgehead atoms. The molecule has 2 aliphatic carbocycles. The van der Waals surface area contributed by atoms with Crippen LogP contribution in [0.3, 0.4) is 0 Å². The van der Waals surface area contributed by atoms with Crippen molar-refractivity contribution in [2.24, 2.45) is 23.7 Å². The quantitative estimate of drug-likeness (QED) is 0.0369. The SMILES string of the molecule is CCOC(=O)C(CC(C)C)c1ccc(OCC2CC2)c(-c2cccc([N+](=O)[O-])c2)c1.CCOC(=O)C(CC(C)C)c1ccc(OCC2CC2)c(Br)c1.O=[N+]([O-])c1cccc(B(O)O)c1. The van der Waals surface area contributed by atoms with Gasteiger partial charge in [0.15, 0.2) is 0 Å². The van der Waals surface area contributed by atoms with E-state index < -0.39 is 17.0 Å². The molecule has 0 amide bonds. The van der Waals surface area contributed by atoms with E-state index in [1.54, 1.807) is 19.1 Å². The summed E-state index contributed by atoms with van der Waals surface area (Å²) in [5.74, 6) is 2.58. The van der Waals surface area contributed by atoms with Gasteiger partial charge < -0.3 is 29.0 Å². The molecule has 0 aromatic heterocycles. The predicted octanol–water partition coefficient (Wildman–Crippen LogP) is 9.95. The lowest BCUT2D eigenvalue weighted by atomic mass is 9.80. The summed E-state index contributed by atoms with van der Waals surface area (Å²) in [6.07, 6.45) is 6.33. The molecule has 0 spiro atoms. The molecule has 0 heterocycles. The summed E-state index contributed by atoms with van der Waals surface area (Å²) in [5, 5.41) is 38.8. The number of non-ortho nitro benzene ring substituents is 2. The molecular formula is C48H60BBrN2O12. The number of rotatable bonds is 20. The minimum Gasteiger partial charge on any atom is -0.493 e. The lowest BCUT2D eigenvalue weighted by Gasteiger charge is -2.20. The average molecular weight is 948 g/mol. The Morgan fingerprint density at radius 1 is 0.688 bits per heavy atom. The van der Waals surface area contributed by atoms with Crippen LogP contribution in [0, 0.1) is 43.9 Å². The molecule has 2 atom stereocenters. The van der Waals surface area contributed by atoms with Crippen molar-refractivity contribution in [3.63, 3.8) is 0 Å². The van der Waals surface area contributed by atoms with E-state index in [9.17, 15) is 29.8 Å². The molecule has 2 fully saturated rings. The Bertz CT molecular complexity index is 2180. The molecule has 344 valence electrons. The number of halogens is 1. The van der Waals surface area contributed by atoms with E-state index in [-0.39, 0.29) is 40.6 Å². The molecule has 4 aromatic carbocycles. The highest BCUT2D eigenvalue weighted by Crippen LogP contribution is 2.39. The average Bonchev–Trinajstić information content (AvgIpc) is 4.21. The van der Waals surface area contributed by atoms with Gasteiger partial charge in [0.1, 0.15) is 11.5 Å². The van der Waals surface area contributed by atoms with Crippen LogP contribution < -0.4 is 14.9 Å². The van der Waals surface area contributed by atoms with E-state index in [1.165, 1.54) is 49.9 Å². The smallest absolute Gasteiger partial charge is 0.488 e. The van der Waals surface area contributed by atoms with E-state index in [1.807, 2.05) is 49.4 Å². The van der Waals surface area contributed by atoms with E-state index in [2.05, 4.69) is 43.6 Å². The van der Waals surface area contributed by atoms with Gasteiger partial charge in [-0.05, 0) is 138 Å². The number of nitrogens with zero attached hydrogens (tertiary/aromatic N) is 2. The highest BCUT2D eigenvalue weighted by atomic mass is 79.9.